The fourth-order valence-electron chi connectivity index (χ4n) is 1.49. The Kier molecular flexibility index (Phi) is 2.78. The molecule has 0 unspecified atom stereocenters. The van der Waals surface area contributed by atoms with Crippen molar-refractivity contribution in [1.82, 2.24) is 10.3 Å². The van der Waals surface area contributed by atoms with Crippen molar-refractivity contribution in [3.05, 3.63) is 35.8 Å². The first-order valence-corrected chi connectivity index (χ1v) is 4.85. The Morgan fingerprint density at radius 3 is 2.82 bits per heavy atom. The minimum Gasteiger partial charge on any atom is -0.480 e. The molecule has 0 aliphatic carbocycles. The van der Waals surface area contributed by atoms with Gasteiger partial charge < -0.3 is 15.4 Å². The number of hydrogen-bond acceptors (Lipinski definition) is 2. The van der Waals surface area contributed by atoms with E-state index in [9.17, 15) is 14.0 Å². The van der Waals surface area contributed by atoms with Crippen molar-refractivity contribution in [3.8, 4) is 0 Å². The molecule has 0 fully saturated rings. The minimum atomic E-state index is -1.14. The van der Waals surface area contributed by atoms with Gasteiger partial charge in [-0.05, 0) is 18.2 Å². The number of aromatic amines is 1. The lowest BCUT2D eigenvalue weighted by molar-refractivity contribution is -0.135. The molecule has 0 atom stereocenters. The summed E-state index contributed by atoms with van der Waals surface area (Å²) in [5.41, 5.74) is 0.622. The Morgan fingerprint density at radius 2 is 2.18 bits per heavy atom. The topological polar surface area (TPSA) is 82.2 Å². The quantitative estimate of drug-likeness (QED) is 0.746. The Labute approximate surface area is 95.2 Å². The molecule has 5 nitrogen and oxygen atoms in total. The predicted molar refractivity (Wildman–Crippen MR) is 58.2 cm³/mol. The molecule has 88 valence electrons. The Morgan fingerprint density at radius 1 is 1.41 bits per heavy atom. The van der Waals surface area contributed by atoms with Crippen LogP contribution in [0, 0.1) is 5.82 Å². The molecule has 0 aliphatic heterocycles. The molecule has 6 heteroatoms. The second-order valence-corrected chi connectivity index (χ2v) is 3.46. The average Bonchev–Trinajstić information content (AvgIpc) is 2.71. The van der Waals surface area contributed by atoms with Crippen LogP contribution in [0.1, 0.15) is 10.5 Å². The van der Waals surface area contributed by atoms with E-state index in [1.54, 1.807) is 6.07 Å². The molecule has 17 heavy (non-hydrogen) atoms. The van der Waals surface area contributed by atoms with Crippen LogP contribution >= 0.6 is 0 Å². The van der Waals surface area contributed by atoms with E-state index in [1.807, 2.05) is 0 Å². The molecule has 0 saturated heterocycles. The Bertz CT molecular complexity index is 591. The van der Waals surface area contributed by atoms with Crippen molar-refractivity contribution < 1.29 is 19.1 Å². The normalized spacial score (nSPS) is 10.4. The molecular weight excluding hydrogens is 227 g/mol. The zero-order valence-corrected chi connectivity index (χ0v) is 8.66. The largest absolute Gasteiger partial charge is 0.480 e. The molecule has 0 saturated carbocycles. The fourth-order valence-corrected chi connectivity index (χ4v) is 1.49. The number of carbonyl (C=O) groups excluding carboxylic acids is 1. The van der Waals surface area contributed by atoms with Gasteiger partial charge in [0.2, 0.25) is 0 Å². The molecule has 0 radical (unpaired) electrons. The summed E-state index contributed by atoms with van der Waals surface area (Å²) in [6.07, 6.45) is 0. The first-order chi connectivity index (χ1) is 8.08. The number of rotatable bonds is 3. The number of H-pyrrole nitrogens is 1. The lowest BCUT2D eigenvalue weighted by atomic mass is 10.2. The molecule has 1 amide bonds. The SMILES string of the molecule is O=C(O)CNC(=O)c1cc2c(F)cccc2[nH]1. The first kappa shape index (κ1) is 11.1. The highest BCUT2D eigenvalue weighted by Crippen LogP contribution is 2.18. The van der Waals surface area contributed by atoms with E-state index in [0.29, 0.717) is 10.9 Å². The first-order valence-electron chi connectivity index (χ1n) is 4.85. The maximum Gasteiger partial charge on any atom is 0.322 e. The number of aliphatic carboxylic acids is 1. The van der Waals surface area contributed by atoms with Crippen LogP contribution in [-0.4, -0.2) is 28.5 Å². The lowest BCUT2D eigenvalue weighted by Gasteiger charge is -1.98. The van der Waals surface area contributed by atoms with Crippen molar-refractivity contribution in [3.63, 3.8) is 0 Å². The van der Waals surface area contributed by atoms with Crippen LogP contribution in [0.4, 0.5) is 4.39 Å². The Balaban J connectivity index is 2.27. The maximum atomic E-state index is 13.3. The second-order valence-electron chi connectivity index (χ2n) is 3.46. The zero-order chi connectivity index (χ0) is 12.4. The monoisotopic (exact) mass is 236 g/mol. The number of nitrogens with one attached hydrogen (secondary N) is 2. The van der Waals surface area contributed by atoms with E-state index >= 15 is 0 Å². The van der Waals surface area contributed by atoms with Gasteiger partial charge in [-0.25, -0.2) is 4.39 Å². The summed E-state index contributed by atoms with van der Waals surface area (Å²) in [7, 11) is 0. The summed E-state index contributed by atoms with van der Waals surface area (Å²) in [6.45, 7) is -0.476. The van der Waals surface area contributed by atoms with E-state index in [2.05, 4.69) is 10.3 Å². The van der Waals surface area contributed by atoms with Crippen molar-refractivity contribution in [2.24, 2.45) is 0 Å². The molecule has 3 N–H and O–H groups in total. The van der Waals surface area contributed by atoms with Gasteiger partial charge in [0.05, 0.1) is 0 Å². The van der Waals surface area contributed by atoms with Crippen LogP contribution in [0.2, 0.25) is 0 Å². The molecule has 0 bridgehead atoms. The van der Waals surface area contributed by atoms with Gasteiger partial charge >= 0.3 is 5.97 Å². The van der Waals surface area contributed by atoms with Gasteiger partial charge in [0.1, 0.15) is 18.1 Å². The fraction of sp³-hybridized carbons (Fsp3) is 0.0909. The molecule has 2 rings (SSSR count). The van der Waals surface area contributed by atoms with Gasteiger partial charge in [-0.1, -0.05) is 6.07 Å². The second kappa shape index (κ2) is 4.25. The molecule has 2 aromatic rings. The van der Waals surface area contributed by atoms with Crippen LogP contribution in [0.25, 0.3) is 10.9 Å². The predicted octanol–water partition coefficient (Wildman–Crippen LogP) is 1.12. The number of carboxylic acid groups (broad SMARTS) is 1. The van der Waals surface area contributed by atoms with Crippen molar-refractivity contribution >= 4 is 22.8 Å². The van der Waals surface area contributed by atoms with E-state index in [0.717, 1.165) is 0 Å². The number of halogens is 1. The van der Waals surface area contributed by atoms with Crippen LogP contribution in [0.15, 0.2) is 24.3 Å². The smallest absolute Gasteiger partial charge is 0.322 e. The van der Waals surface area contributed by atoms with Crippen molar-refractivity contribution in [1.29, 1.82) is 0 Å². The van der Waals surface area contributed by atoms with Gasteiger partial charge in [-0.15, -0.1) is 0 Å². The van der Waals surface area contributed by atoms with E-state index < -0.39 is 24.2 Å². The van der Waals surface area contributed by atoms with Gasteiger partial charge in [0.25, 0.3) is 5.91 Å². The number of amides is 1. The zero-order valence-electron chi connectivity index (χ0n) is 8.66. The van der Waals surface area contributed by atoms with Crippen LogP contribution in [0.5, 0.6) is 0 Å². The van der Waals surface area contributed by atoms with Gasteiger partial charge in [0.15, 0.2) is 0 Å². The highest BCUT2D eigenvalue weighted by molar-refractivity contribution is 5.99. The van der Waals surface area contributed by atoms with Crippen LogP contribution in [0.3, 0.4) is 0 Å². The summed E-state index contributed by atoms with van der Waals surface area (Å²) in [5, 5.41) is 10.9. The van der Waals surface area contributed by atoms with Crippen LogP contribution in [-0.2, 0) is 4.79 Å². The standard InChI is InChI=1S/C11H9FN2O3/c12-7-2-1-3-8-6(7)4-9(14-8)11(17)13-5-10(15)16/h1-4,14H,5H2,(H,13,17)(H,15,16). The number of aromatic nitrogens is 1. The molecule has 1 aromatic heterocycles. The third-order valence-electron chi connectivity index (χ3n) is 2.26. The number of fused-ring (bicyclic) bond motifs is 1. The number of benzene rings is 1. The average molecular weight is 236 g/mol. The molecule has 0 aliphatic rings. The Hall–Kier alpha value is -2.37. The maximum absolute atomic E-state index is 13.3. The van der Waals surface area contributed by atoms with Crippen molar-refractivity contribution in [2.45, 2.75) is 0 Å². The highest BCUT2D eigenvalue weighted by atomic mass is 19.1. The molecule has 0 spiro atoms. The van der Waals surface area contributed by atoms with E-state index in [-0.39, 0.29) is 5.69 Å². The number of hydrogen-bond donors (Lipinski definition) is 3. The summed E-state index contributed by atoms with van der Waals surface area (Å²) < 4.78 is 13.3. The summed E-state index contributed by atoms with van der Waals surface area (Å²) in [5.74, 6) is -2.15. The van der Waals surface area contributed by atoms with Gasteiger partial charge in [-0.3, -0.25) is 9.59 Å². The third kappa shape index (κ3) is 2.25. The van der Waals surface area contributed by atoms with Crippen LogP contribution < -0.4 is 5.32 Å². The van der Waals surface area contributed by atoms with E-state index in [4.69, 9.17) is 5.11 Å². The number of carboxylic acids is 1. The van der Waals surface area contributed by atoms with Gasteiger partial charge in [0, 0.05) is 10.9 Å². The summed E-state index contributed by atoms with van der Waals surface area (Å²) in [6, 6.07) is 5.79. The highest BCUT2D eigenvalue weighted by Gasteiger charge is 2.12. The lowest BCUT2D eigenvalue weighted by Crippen LogP contribution is -2.29. The molecular formula is C11H9FN2O3. The third-order valence-corrected chi connectivity index (χ3v) is 2.26. The molecule has 1 heterocycles. The molecule has 1 aromatic carbocycles. The number of carbonyl (C=O) groups is 2. The summed E-state index contributed by atoms with van der Waals surface area (Å²) >= 11 is 0. The van der Waals surface area contributed by atoms with Gasteiger partial charge in [-0.2, -0.15) is 0 Å². The summed E-state index contributed by atoms with van der Waals surface area (Å²) in [4.78, 5) is 24.5. The van der Waals surface area contributed by atoms with Crippen molar-refractivity contribution in [2.75, 3.05) is 6.54 Å². The minimum absolute atomic E-state index is 0.131. The van der Waals surface area contributed by atoms with E-state index in [1.165, 1.54) is 18.2 Å².